The maximum Gasteiger partial charge on any atom is 0.261 e. The summed E-state index contributed by atoms with van der Waals surface area (Å²) in [6.07, 6.45) is 4.24. The summed E-state index contributed by atoms with van der Waals surface area (Å²) in [6, 6.07) is 8.02. The SMILES string of the molecule is C[C@H]1CCc2sc(C(=O)NCCc3ccc4c(c3)OCO4)cc2C1. The molecule has 1 aromatic carbocycles. The average molecular weight is 343 g/mol. The molecule has 1 aromatic heterocycles. The number of aryl methyl sites for hydroxylation is 1. The van der Waals surface area contributed by atoms with Crippen molar-refractivity contribution in [1.82, 2.24) is 5.32 Å². The van der Waals surface area contributed by atoms with Gasteiger partial charge in [0.15, 0.2) is 11.5 Å². The van der Waals surface area contributed by atoms with E-state index in [1.807, 2.05) is 18.2 Å². The highest BCUT2D eigenvalue weighted by atomic mass is 32.1. The Morgan fingerprint density at radius 1 is 1.29 bits per heavy atom. The molecule has 2 heterocycles. The molecule has 1 aliphatic heterocycles. The van der Waals surface area contributed by atoms with E-state index in [9.17, 15) is 4.79 Å². The van der Waals surface area contributed by atoms with Gasteiger partial charge in [0.1, 0.15) is 0 Å². The van der Waals surface area contributed by atoms with Crippen LogP contribution in [-0.4, -0.2) is 19.2 Å². The Labute approximate surface area is 145 Å². The fraction of sp³-hybridized carbons (Fsp3) is 0.421. The quantitative estimate of drug-likeness (QED) is 0.923. The molecule has 126 valence electrons. The number of ether oxygens (including phenoxy) is 2. The van der Waals surface area contributed by atoms with Gasteiger partial charge in [-0.2, -0.15) is 0 Å². The van der Waals surface area contributed by atoms with Crippen LogP contribution in [0.1, 0.15) is 39.0 Å². The lowest BCUT2D eigenvalue weighted by Gasteiger charge is -2.16. The van der Waals surface area contributed by atoms with E-state index in [4.69, 9.17) is 9.47 Å². The van der Waals surface area contributed by atoms with Crippen LogP contribution >= 0.6 is 11.3 Å². The molecule has 1 amide bonds. The number of carbonyl (C=O) groups excluding carboxylic acids is 1. The molecule has 2 aliphatic rings. The van der Waals surface area contributed by atoms with E-state index in [0.717, 1.165) is 47.1 Å². The Hall–Kier alpha value is -2.01. The fourth-order valence-corrected chi connectivity index (χ4v) is 4.45. The minimum atomic E-state index is 0.0443. The van der Waals surface area contributed by atoms with Crippen molar-refractivity contribution in [1.29, 1.82) is 0 Å². The number of carbonyl (C=O) groups is 1. The molecule has 0 bridgehead atoms. The molecule has 4 rings (SSSR count). The predicted molar refractivity (Wildman–Crippen MR) is 94.1 cm³/mol. The van der Waals surface area contributed by atoms with Crippen LogP contribution in [0.5, 0.6) is 11.5 Å². The molecule has 0 saturated carbocycles. The van der Waals surface area contributed by atoms with Gasteiger partial charge in [-0.25, -0.2) is 0 Å². The summed E-state index contributed by atoms with van der Waals surface area (Å²) >= 11 is 1.66. The van der Waals surface area contributed by atoms with E-state index in [-0.39, 0.29) is 12.7 Å². The Morgan fingerprint density at radius 2 is 2.17 bits per heavy atom. The lowest BCUT2D eigenvalue weighted by Crippen LogP contribution is -2.24. The van der Waals surface area contributed by atoms with Gasteiger partial charge in [-0.1, -0.05) is 13.0 Å². The van der Waals surface area contributed by atoms with Crippen molar-refractivity contribution in [3.8, 4) is 11.5 Å². The second-order valence-corrected chi connectivity index (χ2v) is 7.74. The molecule has 0 spiro atoms. The molecule has 0 radical (unpaired) electrons. The topological polar surface area (TPSA) is 47.6 Å². The van der Waals surface area contributed by atoms with Crippen LogP contribution < -0.4 is 14.8 Å². The normalized spacial score (nSPS) is 18.3. The first-order chi connectivity index (χ1) is 11.7. The first kappa shape index (κ1) is 15.5. The Bertz CT molecular complexity index is 768. The summed E-state index contributed by atoms with van der Waals surface area (Å²) in [4.78, 5) is 14.6. The Morgan fingerprint density at radius 3 is 3.08 bits per heavy atom. The number of rotatable bonds is 4. The van der Waals surface area contributed by atoms with Crippen molar-refractivity contribution in [3.63, 3.8) is 0 Å². The molecule has 1 N–H and O–H groups in total. The first-order valence-electron chi connectivity index (χ1n) is 8.47. The number of fused-ring (bicyclic) bond motifs is 2. The van der Waals surface area contributed by atoms with Crippen molar-refractivity contribution >= 4 is 17.2 Å². The zero-order valence-corrected chi connectivity index (χ0v) is 14.6. The average Bonchev–Trinajstić information content (AvgIpc) is 3.20. The van der Waals surface area contributed by atoms with Gasteiger partial charge in [0.25, 0.3) is 5.91 Å². The lowest BCUT2D eigenvalue weighted by atomic mass is 9.90. The highest BCUT2D eigenvalue weighted by Crippen LogP contribution is 2.33. The maximum absolute atomic E-state index is 12.4. The molecule has 1 aliphatic carbocycles. The minimum Gasteiger partial charge on any atom is -0.454 e. The molecule has 2 aromatic rings. The van der Waals surface area contributed by atoms with Gasteiger partial charge in [0.2, 0.25) is 6.79 Å². The summed E-state index contributed by atoms with van der Waals surface area (Å²) in [5.41, 5.74) is 2.51. The standard InChI is InChI=1S/C19H21NO3S/c1-12-2-5-17-14(8-12)10-18(24-17)19(21)20-7-6-13-3-4-15-16(9-13)23-11-22-15/h3-4,9-10,12H,2,5-8,11H2,1H3,(H,20,21)/t12-/m0/s1. The lowest BCUT2D eigenvalue weighted by molar-refractivity contribution is 0.0958. The summed E-state index contributed by atoms with van der Waals surface area (Å²) in [5.74, 6) is 2.36. The smallest absolute Gasteiger partial charge is 0.261 e. The first-order valence-corrected chi connectivity index (χ1v) is 9.29. The molecular weight excluding hydrogens is 322 g/mol. The third-order valence-electron chi connectivity index (χ3n) is 4.69. The van der Waals surface area contributed by atoms with Crippen molar-refractivity contribution in [2.75, 3.05) is 13.3 Å². The number of amides is 1. The molecule has 0 unspecified atom stereocenters. The third kappa shape index (κ3) is 3.13. The molecule has 4 nitrogen and oxygen atoms in total. The number of benzene rings is 1. The molecule has 0 saturated heterocycles. The third-order valence-corrected chi connectivity index (χ3v) is 5.93. The predicted octanol–water partition coefficient (Wildman–Crippen LogP) is 3.57. The van der Waals surface area contributed by atoms with Crippen LogP contribution in [0.15, 0.2) is 24.3 Å². The highest BCUT2D eigenvalue weighted by molar-refractivity contribution is 7.14. The van der Waals surface area contributed by atoms with E-state index >= 15 is 0 Å². The van der Waals surface area contributed by atoms with Gasteiger partial charge in [-0.3, -0.25) is 4.79 Å². The van der Waals surface area contributed by atoms with Crippen molar-refractivity contribution in [2.45, 2.75) is 32.6 Å². The van der Waals surface area contributed by atoms with Gasteiger partial charge < -0.3 is 14.8 Å². The molecule has 0 fully saturated rings. The van der Waals surface area contributed by atoms with Crippen LogP contribution in [0.4, 0.5) is 0 Å². The molecule has 5 heteroatoms. The van der Waals surface area contributed by atoms with Gasteiger partial charge in [-0.05, 0) is 60.9 Å². The van der Waals surface area contributed by atoms with E-state index in [2.05, 4.69) is 18.3 Å². The Balaban J connectivity index is 1.34. The molecule has 24 heavy (non-hydrogen) atoms. The van der Waals surface area contributed by atoms with Crippen molar-refractivity contribution in [3.05, 3.63) is 45.1 Å². The number of nitrogens with one attached hydrogen (secondary N) is 1. The Kier molecular flexibility index (Phi) is 4.19. The van der Waals surface area contributed by atoms with Gasteiger partial charge in [0.05, 0.1) is 4.88 Å². The number of thiophene rings is 1. The molecular formula is C19H21NO3S. The van der Waals surface area contributed by atoms with Crippen LogP contribution in [0.2, 0.25) is 0 Å². The molecule has 1 atom stereocenters. The monoisotopic (exact) mass is 343 g/mol. The van der Waals surface area contributed by atoms with E-state index in [1.165, 1.54) is 16.9 Å². The van der Waals surface area contributed by atoms with Gasteiger partial charge in [-0.15, -0.1) is 11.3 Å². The minimum absolute atomic E-state index is 0.0443. The number of hydrogen-bond donors (Lipinski definition) is 1. The summed E-state index contributed by atoms with van der Waals surface area (Å²) in [6.45, 7) is 3.19. The van der Waals surface area contributed by atoms with Crippen LogP contribution in [0.25, 0.3) is 0 Å². The van der Waals surface area contributed by atoms with Crippen LogP contribution in [-0.2, 0) is 19.3 Å². The zero-order valence-electron chi connectivity index (χ0n) is 13.8. The second kappa shape index (κ2) is 6.48. The highest BCUT2D eigenvalue weighted by Gasteiger charge is 2.20. The van der Waals surface area contributed by atoms with E-state index in [0.29, 0.717) is 6.54 Å². The van der Waals surface area contributed by atoms with Crippen LogP contribution in [0.3, 0.4) is 0 Å². The summed E-state index contributed by atoms with van der Waals surface area (Å²) in [7, 11) is 0. The van der Waals surface area contributed by atoms with Crippen LogP contribution in [0, 0.1) is 5.92 Å². The summed E-state index contributed by atoms with van der Waals surface area (Å²) < 4.78 is 10.7. The second-order valence-electron chi connectivity index (χ2n) is 6.60. The fourth-order valence-electron chi connectivity index (χ4n) is 3.32. The van der Waals surface area contributed by atoms with Gasteiger partial charge >= 0.3 is 0 Å². The van der Waals surface area contributed by atoms with Gasteiger partial charge in [0, 0.05) is 11.4 Å². The maximum atomic E-state index is 12.4. The zero-order chi connectivity index (χ0) is 16.5. The van der Waals surface area contributed by atoms with E-state index in [1.54, 1.807) is 11.3 Å². The summed E-state index contributed by atoms with van der Waals surface area (Å²) in [5, 5.41) is 3.03. The number of hydrogen-bond acceptors (Lipinski definition) is 4. The van der Waals surface area contributed by atoms with E-state index < -0.39 is 0 Å². The van der Waals surface area contributed by atoms with Crippen molar-refractivity contribution < 1.29 is 14.3 Å². The van der Waals surface area contributed by atoms with Crippen molar-refractivity contribution in [2.24, 2.45) is 5.92 Å². The largest absolute Gasteiger partial charge is 0.454 e.